The number of aliphatic hydroxyl groups excluding tert-OH is 1. The minimum absolute atomic E-state index is 0.0330. The lowest BCUT2D eigenvalue weighted by Gasteiger charge is -2.35. The Kier molecular flexibility index (Phi) is 7.47. The molecule has 1 atom stereocenters. The van der Waals surface area contributed by atoms with Gasteiger partial charge in [-0.3, -0.25) is 9.69 Å². The second-order valence-electron chi connectivity index (χ2n) is 7.18. The Morgan fingerprint density at radius 1 is 1.21 bits per heavy atom. The molecule has 1 N–H and O–H groups in total. The van der Waals surface area contributed by atoms with Crippen molar-refractivity contribution in [1.29, 1.82) is 0 Å². The summed E-state index contributed by atoms with van der Waals surface area (Å²) in [6.45, 7) is 4.94. The average molecular weight is 421 g/mol. The van der Waals surface area contributed by atoms with Crippen LogP contribution in [-0.4, -0.2) is 66.2 Å². The molecule has 1 amide bonds. The highest BCUT2D eigenvalue weighted by molar-refractivity contribution is 6.30. The van der Waals surface area contributed by atoms with Crippen molar-refractivity contribution in [2.24, 2.45) is 0 Å². The number of carbonyl (C=O) groups excluding carboxylic acids is 1. The number of hydrogen-bond donors (Lipinski definition) is 1. The van der Waals surface area contributed by atoms with E-state index in [4.69, 9.17) is 16.3 Å². The summed E-state index contributed by atoms with van der Waals surface area (Å²) in [4.78, 5) is 16.2. The van der Waals surface area contributed by atoms with Gasteiger partial charge in [-0.05, 0) is 42.3 Å². The molecule has 1 fully saturated rings. The third-order valence-corrected chi connectivity index (χ3v) is 5.27. The van der Waals surface area contributed by atoms with Crippen LogP contribution in [0, 0.1) is 5.82 Å². The van der Waals surface area contributed by atoms with E-state index < -0.39 is 11.9 Å². The lowest BCUT2D eigenvalue weighted by atomic mass is 10.1. The van der Waals surface area contributed by atoms with Crippen LogP contribution in [0.2, 0.25) is 5.02 Å². The van der Waals surface area contributed by atoms with Crippen molar-refractivity contribution in [1.82, 2.24) is 9.80 Å². The van der Waals surface area contributed by atoms with Crippen LogP contribution in [0.5, 0.6) is 5.75 Å². The van der Waals surface area contributed by atoms with Gasteiger partial charge in [-0.1, -0.05) is 30.7 Å². The lowest BCUT2D eigenvalue weighted by molar-refractivity contribution is 0.0401. The van der Waals surface area contributed by atoms with Crippen LogP contribution >= 0.6 is 11.6 Å². The predicted molar refractivity (Wildman–Crippen MR) is 111 cm³/mol. The topological polar surface area (TPSA) is 53.0 Å². The van der Waals surface area contributed by atoms with Gasteiger partial charge in [0.05, 0.1) is 5.56 Å². The molecule has 156 valence electrons. The lowest BCUT2D eigenvalue weighted by Crippen LogP contribution is -2.51. The van der Waals surface area contributed by atoms with Gasteiger partial charge in [0, 0.05) is 37.7 Å². The Balaban J connectivity index is 1.44. The van der Waals surface area contributed by atoms with E-state index >= 15 is 0 Å². The number of nitrogens with zero attached hydrogens (tertiary/aromatic N) is 2. The summed E-state index contributed by atoms with van der Waals surface area (Å²) in [6, 6.07) is 11.9. The first-order valence-electron chi connectivity index (χ1n) is 9.82. The maximum absolute atomic E-state index is 14.0. The van der Waals surface area contributed by atoms with Crippen molar-refractivity contribution < 1.29 is 19.0 Å². The Bertz CT molecular complexity index is 841. The summed E-state index contributed by atoms with van der Waals surface area (Å²) in [6.07, 6.45) is 0.305. The van der Waals surface area contributed by atoms with Gasteiger partial charge in [-0.2, -0.15) is 0 Å². The molecule has 1 aliphatic rings. The number of β-amino-alcohol motifs (C(OH)–C–C–N with tert-alkyl or cyclic N) is 1. The van der Waals surface area contributed by atoms with E-state index in [9.17, 15) is 14.3 Å². The second kappa shape index (κ2) is 10.1. The second-order valence-corrected chi connectivity index (χ2v) is 7.62. The number of rotatable bonds is 7. The van der Waals surface area contributed by atoms with Crippen molar-refractivity contribution in [3.8, 4) is 5.75 Å². The Morgan fingerprint density at radius 2 is 1.97 bits per heavy atom. The molecule has 0 aromatic heterocycles. The minimum Gasteiger partial charge on any atom is -0.491 e. The van der Waals surface area contributed by atoms with Crippen LogP contribution in [0.3, 0.4) is 0 Å². The highest BCUT2D eigenvalue weighted by atomic mass is 35.5. The van der Waals surface area contributed by atoms with E-state index in [-0.39, 0.29) is 23.1 Å². The number of amides is 1. The molecule has 1 saturated heterocycles. The summed E-state index contributed by atoms with van der Waals surface area (Å²) < 4.78 is 19.7. The molecule has 2 aromatic rings. The molecule has 0 saturated carbocycles. The van der Waals surface area contributed by atoms with Gasteiger partial charge >= 0.3 is 0 Å². The first-order chi connectivity index (χ1) is 14.0. The molecular weight excluding hydrogens is 395 g/mol. The van der Waals surface area contributed by atoms with E-state index in [1.807, 2.05) is 24.3 Å². The van der Waals surface area contributed by atoms with Crippen LogP contribution in [0.15, 0.2) is 42.5 Å². The summed E-state index contributed by atoms with van der Waals surface area (Å²) in [5, 5.41) is 10.6. The quantitative estimate of drug-likeness (QED) is 0.747. The summed E-state index contributed by atoms with van der Waals surface area (Å²) in [5.41, 5.74) is 1.22. The fourth-order valence-corrected chi connectivity index (χ4v) is 3.52. The van der Waals surface area contributed by atoms with Gasteiger partial charge in [0.1, 0.15) is 24.3 Å². The molecule has 3 rings (SSSR count). The van der Waals surface area contributed by atoms with Crippen LogP contribution in [0.1, 0.15) is 22.8 Å². The molecule has 0 bridgehead atoms. The summed E-state index contributed by atoms with van der Waals surface area (Å²) in [5.74, 6) is -0.188. The summed E-state index contributed by atoms with van der Waals surface area (Å²) in [7, 11) is 0. The van der Waals surface area contributed by atoms with E-state index in [1.54, 1.807) is 4.90 Å². The van der Waals surface area contributed by atoms with E-state index in [0.717, 1.165) is 18.2 Å². The number of halogens is 2. The number of ether oxygens (including phenoxy) is 1. The Hall–Kier alpha value is -2.15. The van der Waals surface area contributed by atoms with Crippen LogP contribution in [-0.2, 0) is 6.42 Å². The molecule has 0 aliphatic carbocycles. The van der Waals surface area contributed by atoms with Gasteiger partial charge < -0.3 is 14.7 Å². The molecule has 29 heavy (non-hydrogen) atoms. The molecule has 1 aliphatic heterocycles. The van der Waals surface area contributed by atoms with Gasteiger partial charge in [-0.25, -0.2) is 4.39 Å². The van der Waals surface area contributed by atoms with Gasteiger partial charge in [0.25, 0.3) is 5.91 Å². The fraction of sp³-hybridized carbons (Fsp3) is 0.409. The molecule has 1 heterocycles. The Morgan fingerprint density at radius 3 is 2.66 bits per heavy atom. The third kappa shape index (κ3) is 5.92. The average Bonchev–Trinajstić information content (AvgIpc) is 2.72. The molecule has 5 nitrogen and oxygen atoms in total. The monoisotopic (exact) mass is 420 g/mol. The molecule has 7 heteroatoms. The highest BCUT2D eigenvalue weighted by Crippen LogP contribution is 2.18. The minimum atomic E-state index is -0.628. The smallest absolute Gasteiger partial charge is 0.256 e. The largest absolute Gasteiger partial charge is 0.491 e. The first-order valence-corrected chi connectivity index (χ1v) is 10.2. The zero-order valence-corrected chi connectivity index (χ0v) is 17.2. The van der Waals surface area contributed by atoms with Crippen molar-refractivity contribution in [3.63, 3.8) is 0 Å². The number of aryl methyl sites for hydroxylation is 1. The summed E-state index contributed by atoms with van der Waals surface area (Å²) >= 11 is 5.75. The maximum atomic E-state index is 14.0. The normalized spacial score (nSPS) is 15.9. The molecular formula is C22H26ClFN2O3. The van der Waals surface area contributed by atoms with Crippen LogP contribution in [0.4, 0.5) is 4.39 Å². The molecule has 1 unspecified atom stereocenters. The molecule has 0 radical (unpaired) electrons. The van der Waals surface area contributed by atoms with Crippen LogP contribution in [0.25, 0.3) is 0 Å². The van der Waals surface area contributed by atoms with Crippen LogP contribution < -0.4 is 4.74 Å². The predicted octanol–water partition coefficient (Wildman–Crippen LogP) is 3.24. The number of benzene rings is 2. The van der Waals surface area contributed by atoms with Gasteiger partial charge in [0.2, 0.25) is 0 Å². The van der Waals surface area contributed by atoms with Crippen molar-refractivity contribution >= 4 is 17.5 Å². The van der Waals surface area contributed by atoms with Gasteiger partial charge in [0.15, 0.2) is 0 Å². The van der Waals surface area contributed by atoms with E-state index in [2.05, 4.69) is 11.8 Å². The third-order valence-electron chi connectivity index (χ3n) is 5.04. The van der Waals surface area contributed by atoms with Crippen molar-refractivity contribution in [3.05, 3.63) is 64.4 Å². The van der Waals surface area contributed by atoms with Crippen molar-refractivity contribution in [2.45, 2.75) is 19.4 Å². The fourth-order valence-electron chi connectivity index (χ4n) is 3.37. The maximum Gasteiger partial charge on any atom is 0.256 e. The van der Waals surface area contributed by atoms with E-state index in [1.165, 1.54) is 17.7 Å². The number of hydrogen-bond acceptors (Lipinski definition) is 4. The Labute approximate surface area is 175 Å². The van der Waals surface area contributed by atoms with E-state index in [0.29, 0.717) is 32.7 Å². The zero-order chi connectivity index (χ0) is 20.8. The van der Waals surface area contributed by atoms with Gasteiger partial charge in [-0.15, -0.1) is 0 Å². The first kappa shape index (κ1) is 21.6. The zero-order valence-electron chi connectivity index (χ0n) is 16.5. The number of piperazine rings is 1. The number of aliphatic hydroxyl groups is 1. The molecule has 0 spiro atoms. The number of carbonyl (C=O) groups is 1. The highest BCUT2D eigenvalue weighted by Gasteiger charge is 2.25. The molecule has 2 aromatic carbocycles. The van der Waals surface area contributed by atoms with Crippen molar-refractivity contribution in [2.75, 3.05) is 39.3 Å². The standard InChI is InChI=1S/C22H26ClFN2O3/c1-2-16-4-3-5-19(12-16)29-15-18(27)14-25-8-10-26(11-9-25)22(28)20-7-6-17(23)13-21(20)24/h3-7,12-13,18,27H,2,8-11,14-15H2,1H3. The SMILES string of the molecule is CCc1cccc(OCC(O)CN2CCN(C(=O)c3ccc(Cl)cc3F)CC2)c1.